The monoisotopic (exact) mass is 270 g/mol. The molecule has 6 nitrogen and oxygen atoms in total. The van der Waals surface area contributed by atoms with Crippen molar-refractivity contribution in [3.63, 3.8) is 0 Å². The number of aromatic carboxylic acids is 1. The number of carboxylic acids is 1. The molecule has 0 fully saturated rings. The van der Waals surface area contributed by atoms with Gasteiger partial charge in [-0.1, -0.05) is 32.5 Å². The number of nitrogens with zero attached hydrogens (tertiary/aromatic N) is 2. The van der Waals surface area contributed by atoms with Gasteiger partial charge in [-0.05, 0) is 5.92 Å². The van der Waals surface area contributed by atoms with Crippen LogP contribution in [0.5, 0.6) is 0 Å². The smallest absolute Gasteiger partial charge is 0.337 e. The first kappa shape index (κ1) is 14.4. The highest BCUT2D eigenvalue weighted by Crippen LogP contribution is 2.33. The number of hydrogen-bond donors (Lipinski definition) is 1. The van der Waals surface area contributed by atoms with Crippen molar-refractivity contribution in [2.75, 3.05) is 0 Å². The van der Waals surface area contributed by atoms with Crippen molar-refractivity contribution in [2.24, 2.45) is 5.92 Å². The molecule has 18 heavy (non-hydrogen) atoms. The van der Waals surface area contributed by atoms with Crippen molar-refractivity contribution in [2.45, 2.75) is 31.0 Å². The van der Waals surface area contributed by atoms with Gasteiger partial charge in [0.2, 0.25) is 0 Å². The van der Waals surface area contributed by atoms with Gasteiger partial charge in [-0.2, -0.15) is 0 Å². The average Bonchev–Trinajstić information content (AvgIpc) is 2.28. The molecule has 1 rings (SSSR count). The molecule has 1 aromatic rings. The largest absolute Gasteiger partial charge is 0.478 e. The molecule has 0 radical (unpaired) electrons. The van der Waals surface area contributed by atoms with E-state index in [1.54, 1.807) is 0 Å². The molecule has 7 heteroatoms. The third-order valence-corrected chi connectivity index (χ3v) is 3.97. The van der Waals surface area contributed by atoms with Crippen molar-refractivity contribution in [1.29, 1.82) is 0 Å². The number of nitro groups is 1. The van der Waals surface area contributed by atoms with Crippen molar-refractivity contribution in [3.05, 3.63) is 27.9 Å². The molecule has 1 heterocycles. The van der Waals surface area contributed by atoms with Crippen LogP contribution in [0.25, 0.3) is 0 Å². The predicted molar refractivity (Wildman–Crippen MR) is 68.0 cm³/mol. The van der Waals surface area contributed by atoms with Gasteiger partial charge in [-0.15, -0.1) is 0 Å². The van der Waals surface area contributed by atoms with Crippen molar-refractivity contribution in [3.8, 4) is 0 Å². The minimum absolute atomic E-state index is 0.159. The number of rotatable bonds is 5. The Bertz CT molecular complexity index is 476. The van der Waals surface area contributed by atoms with Crippen LogP contribution < -0.4 is 0 Å². The lowest BCUT2D eigenvalue weighted by molar-refractivity contribution is -0.388. The Hall–Kier alpha value is -1.63. The summed E-state index contributed by atoms with van der Waals surface area (Å²) in [4.78, 5) is 24.9. The predicted octanol–water partition coefficient (Wildman–Crippen LogP) is 2.82. The molecule has 0 bridgehead atoms. The maximum Gasteiger partial charge on any atom is 0.337 e. The van der Waals surface area contributed by atoms with Crippen LogP contribution in [0.15, 0.2) is 17.3 Å². The molecule has 1 atom stereocenters. The van der Waals surface area contributed by atoms with E-state index in [4.69, 9.17) is 5.11 Å². The second kappa shape index (κ2) is 5.81. The van der Waals surface area contributed by atoms with E-state index in [1.165, 1.54) is 11.8 Å². The Morgan fingerprint density at radius 2 is 2.11 bits per heavy atom. The third kappa shape index (κ3) is 3.43. The molecular weight excluding hydrogens is 256 g/mol. The topological polar surface area (TPSA) is 93.3 Å². The van der Waals surface area contributed by atoms with Crippen molar-refractivity contribution >= 4 is 23.4 Å². The molecule has 0 spiro atoms. The van der Waals surface area contributed by atoms with E-state index in [2.05, 4.69) is 4.98 Å². The molecule has 1 aromatic heterocycles. The minimum atomic E-state index is -1.22. The molecule has 98 valence electrons. The van der Waals surface area contributed by atoms with E-state index in [0.717, 1.165) is 12.3 Å². The van der Waals surface area contributed by atoms with Crippen LogP contribution in [0.4, 0.5) is 5.69 Å². The van der Waals surface area contributed by atoms with Crippen LogP contribution in [0.1, 0.15) is 31.1 Å². The Balaban J connectivity index is 3.12. The first-order valence-electron chi connectivity index (χ1n) is 5.37. The first-order valence-corrected chi connectivity index (χ1v) is 6.25. The lowest BCUT2D eigenvalue weighted by Crippen LogP contribution is -2.08. The fourth-order valence-corrected chi connectivity index (χ4v) is 2.08. The lowest BCUT2D eigenvalue weighted by atomic mass is 10.2. The SMILES string of the molecule is CC(C)C(C)Sc1ncc(C(=O)O)cc1[N+](=O)[O-]. The molecule has 0 aromatic carbocycles. The maximum absolute atomic E-state index is 10.9. The number of hydrogen-bond acceptors (Lipinski definition) is 5. The number of aromatic nitrogens is 1. The number of pyridine rings is 1. The van der Waals surface area contributed by atoms with E-state index in [1.807, 2.05) is 20.8 Å². The number of thioether (sulfide) groups is 1. The second-order valence-corrected chi connectivity index (χ2v) is 5.54. The summed E-state index contributed by atoms with van der Waals surface area (Å²) in [5, 5.41) is 20.1. The Labute approximate surface area is 109 Å². The molecule has 0 aliphatic heterocycles. The van der Waals surface area contributed by atoms with E-state index in [-0.39, 0.29) is 21.5 Å². The van der Waals surface area contributed by atoms with Crippen LogP contribution >= 0.6 is 11.8 Å². The second-order valence-electron chi connectivity index (χ2n) is 4.18. The lowest BCUT2D eigenvalue weighted by Gasteiger charge is -2.14. The summed E-state index contributed by atoms with van der Waals surface area (Å²) in [5.41, 5.74) is -0.435. The highest BCUT2D eigenvalue weighted by atomic mass is 32.2. The van der Waals surface area contributed by atoms with Gasteiger partial charge in [0.25, 0.3) is 0 Å². The molecule has 1 unspecified atom stereocenters. The van der Waals surface area contributed by atoms with E-state index in [9.17, 15) is 14.9 Å². The van der Waals surface area contributed by atoms with E-state index in [0.29, 0.717) is 5.92 Å². The standard InChI is InChI=1S/C11H14N2O4S/c1-6(2)7(3)18-10-9(13(16)17)4-8(5-12-10)11(14)15/h4-7H,1-3H3,(H,14,15). The molecule has 1 N–H and O–H groups in total. The van der Waals surface area contributed by atoms with Gasteiger partial charge >= 0.3 is 11.7 Å². The van der Waals surface area contributed by atoms with Gasteiger partial charge in [0, 0.05) is 17.5 Å². The normalized spacial score (nSPS) is 12.4. The van der Waals surface area contributed by atoms with Gasteiger partial charge in [-0.25, -0.2) is 9.78 Å². The zero-order valence-electron chi connectivity index (χ0n) is 10.3. The van der Waals surface area contributed by atoms with E-state index >= 15 is 0 Å². The third-order valence-electron chi connectivity index (χ3n) is 2.51. The number of carbonyl (C=O) groups is 1. The zero-order valence-corrected chi connectivity index (χ0v) is 11.1. The van der Waals surface area contributed by atoms with Crippen LogP contribution in [-0.4, -0.2) is 26.2 Å². The molecule has 0 aliphatic carbocycles. The summed E-state index contributed by atoms with van der Waals surface area (Å²) in [5.74, 6) is -0.880. The van der Waals surface area contributed by atoms with Gasteiger partial charge in [0.15, 0.2) is 5.03 Å². The zero-order chi connectivity index (χ0) is 13.9. The highest BCUT2D eigenvalue weighted by molar-refractivity contribution is 8.00. The Morgan fingerprint density at radius 3 is 2.56 bits per heavy atom. The summed E-state index contributed by atoms with van der Waals surface area (Å²) < 4.78 is 0. The molecule has 0 saturated carbocycles. The maximum atomic E-state index is 10.9. The fourth-order valence-electron chi connectivity index (χ4n) is 1.09. The summed E-state index contributed by atoms with van der Waals surface area (Å²) >= 11 is 1.28. The van der Waals surface area contributed by atoms with Gasteiger partial charge < -0.3 is 5.11 Å². The molecular formula is C11H14N2O4S. The van der Waals surface area contributed by atoms with Crippen LogP contribution in [0.3, 0.4) is 0 Å². The molecule has 0 amide bonds. The Morgan fingerprint density at radius 1 is 1.50 bits per heavy atom. The van der Waals surface area contributed by atoms with Crippen molar-refractivity contribution in [1.82, 2.24) is 4.98 Å². The minimum Gasteiger partial charge on any atom is -0.478 e. The van der Waals surface area contributed by atoms with Gasteiger partial charge in [0.1, 0.15) is 0 Å². The fraction of sp³-hybridized carbons (Fsp3) is 0.455. The van der Waals surface area contributed by atoms with Crippen LogP contribution in [0.2, 0.25) is 0 Å². The Kier molecular flexibility index (Phi) is 4.66. The summed E-state index contributed by atoms with van der Waals surface area (Å²) in [6, 6.07) is 1.05. The quantitative estimate of drug-likeness (QED) is 0.502. The van der Waals surface area contributed by atoms with Gasteiger partial charge in [-0.3, -0.25) is 10.1 Å². The molecule has 0 aliphatic rings. The summed E-state index contributed by atoms with van der Waals surface area (Å²) in [6.07, 6.45) is 1.14. The summed E-state index contributed by atoms with van der Waals surface area (Å²) in [7, 11) is 0. The van der Waals surface area contributed by atoms with E-state index < -0.39 is 10.9 Å². The highest BCUT2D eigenvalue weighted by Gasteiger charge is 2.22. The van der Waals surface area contributed by atoms with Crippen molar-refractivity contribution < 1.29 is 14.8 Å². The van der Waals surface area contributed by atoms with Crippen LogP contribution in [-0.2, 0) is 0 Å². The first-order chi connectivity index (χ1) is 8.32. The number of carboxylic acid groups (broad SMARTS) is 1. The average molecular weight is 270 g/mol. The van der Waals surface area contributed by atoms with Gasteiger partial charge in [0.05, 0.1) is 10.5 Å². The summed E-state index contributed by atoms with van der Waals surface area (Å²) in [6.45, 7) is 5.97. The molecule has 0 saturated heterocycles. The van der Waals surface area contributed by atoms with Crippen LogP contribution in [0, 0.1) is 16.0 Å².